The third kappa shape index (κ3) is 3.50. The molecular weight excluding hydrogens is 266 g/mol. The van der Waals surface area contributed by atoms with E-state index in [-0.39, 0.29) is 5.88 Å². The summed E-state index contributed by atoms with van der Waals surface area (Å²) < 4.78 is 11.0. The van der Waals surface area contributed by atoms with Gasteiger partial charge in [-0.2, -0.15) is 5.26 Å². The van der Waals surface area contributed by atoms with E-state index in [1.54, 1.807) is 12.3 Å². The van der Waals surface area contributed by atoms with Crippen molar-refractivity contribution >= 4 is 0 Å². The Hall–Kier alpha value is -2.58. The van der Waals surface area contributed by atoms with Crippen LogP contribution < -0.4 is 9.47 Å². The molecule has 21 heavy (non-hydrogen) atoms. The fourth-order valence-electron chi connectivity index (χ4n) is 1.96. The summed E-state index contributed by atoms with van der Waals surface area (Å²) in [7, 11) is 5.47. The maximum Gasteiger partial charge on any atom is 0.235 e. The molecule has 0 saturated carbocycles. The molecule has 0 radical (unpaired) electrons. The van der Waals surface area contributed by atoms with Gasteiger partial charge in [0.1, 0.15) is 11.8 Å². The van der Waals surface area contributed by atoms with Crippen LogP contribution in [0.2, 0.25) is 0 Å². The normalized spacial score (nSPS) is 10.2. The van der Waals surface area contributed by atoms with Crippen LogP contribution in [0.5, 0.6) is 17.4 Å². The van der Waals surface area contributed by atoms with Crippen molar-refractivity contribution in [1.29, 1.82) is 5.26 Å². The summed E-state index contributed by atoms with van der Waals surface area (Å²) in [6, 6.07) is 11.5. The first-order valence-electron chi connectivity index (χ1n) is 6.49. The van der Waals surface area contributed by atoms with E-state index in [1.807, 2.05) is 38.4 Å². The summed E-state index contributed by atoms with van der Waals surface area (Å²) in [5.74, 6) is 1.42. The summed E-state index contributed by atoms with van der Waals surface area (Å²) in [4.78, 5) is 6.06. The van der Waals surface area contributed by atoms with Crippen molar-refractivity contribution in [2.45, 2.75) is 6.54 Å². The van der Waals surface area contributed by atoms with E-state index >= 15 is 0 Å². The highest BCUT2D eigenvalue weighted by atomic mass is 16.5. The smallest absolute Gasteiger partial charge is 0.235 e. The van der Waals surface area contributed by atoms with Gasteiger partial charge in [-0.3, -0.25) is 0 Å². The van der Waals surface area contributed by atoms with Crippen LogP contribution in [0.4, 0.5) is 0 Å². The second-order valence-electron chi connectivity index (χ2n) is 4.75. The minimum absolute atomic E-state index is 0.264. The zero-order valence-electron chi connectivity index (χ0n) is 12.3. The zero-order valence-corrected chi connectivity index (χ0v) is 12.3. The lowest BCUT2D eigenvalue weighted by Gasteiger charge is -2.15. The Labute approximate surface area is 124 Å². The van der Waals surface area contributed by atoms with E-state index in [4.69, 9.17) is 9.47 Å². The summed E-state index contributed by atoms with van der Waals surface area (Å²) in [6.07, 6.45) is 1.56. The summed E-state index contributed by atoms with van der Waals surface area (Å²) in [6.45, 7) is 0.750. The summed E-state index contributed by atoms with van der Waals surface area (Å²) in [5.41, 5.74) is 1.34. The first-order valence-corrected chi connectivity index (χ1v) is 6.49. The maximum atomic E-state index is 9.26. The number of nitrogens with zero attached hydrogens (tertiary/aromatic N) is 3. The number of para-hydroxylation sites is 1. The standard InChI is InChI=1S/C16H17N3O2/c1-19(2)11-12-6-4-5-7-14(12)21-15-8-9-18-16(20-3)13(15)10-17/h4-9H,11H2,1-3H3. The summed E-state index contributed by atoms with van der Waals surface area (Å²) >= 11 is 0. The van der Waals surface area contributed by atoms with Gasteiger partial charge in [0.2, 0.25) is 5.88 Å². The van der Waals surface area contributed by atoms with Crippen LogP contribution in [-0.2, 0) is 6.54 Å². The van der Waals surface area contributed by atoms with Crippen molar-refractivity contribution in [1.82, 2.24) is 9.88 Å². The Balaban J connectivity index is 2.37. The van der Waals surface area contributed by atoms with Crippen molar-refractivity contribution in [2.24, 2.45) is 0 Å². The molecule has 0 amide bonds. The Kier molecular flexibility index (Phi) is 4.75. The molecule has 0 unspecified atom stereocenters. The third-order valence-electron chi connectivity index (χ3n) is 2.86. The molecule has 0 aliphatic heterocycles. The van der Waals surface area contributed by atoms with Crippen molar-refractivity contribution in [3.8, 4) is 23.4 Å². The first-order chi connectivity index (χ1) is 10.2. The van der Waals surface area contributed by atoms with Gasteiger partial charge in [-0.1, -0.05) is 18.2 Å². The van der Waals surface area contributed by atoms with Crippen LogP contribution in [0.15, 0.2) is 36.5 Å². The van der Waals surface area contributed by atoms with Gasteiger partial charge in [-0.05, 0) is 20.2 Å². The van der Waals surface area contributed by atoms with Gasteiger partial charge in [0.05, 0.1) is 7.11 Å². The highest BCUT2D eigenvalue weighted by Crippen LogP contribution is 2.31. The Morgan fingerprint density at radius 1 is 1.19 bits per heavy atom. The molecule has 5 nitrogen and oxygen atoms in total. The minimum Gasteiger partial charge on any atom is -0.480 e. The summed E-state index contributed by atoms with van der Waals surface area (Å²) in [5, 5.41) is 9.26. The molecule has 1 aromatic carbocycles. The number of pyridine rings is 1. The van der Waals surface area contributed by atoms with Crippen LogP contribution >= 0.6 is 0 Å². The molecule has 0 saturated heterocycles. The number of benzene rings is 1. The van der Waals surface area contributed by atoms with Crippen molar-refractivity contribution < 1.29 is 9.47 Å². The molecule has 0 aliphatic rings. The fourth-order valence-corrected chi connectivity index (χ4v) is 1.96. The quantitative estimate of drug-likeness (QED) is 0.844. The van der Waals surface area contributed by atoms with Gasteiger partial charge in [0.25, 0.3) is 0 Å². The number of hydrogen-bond donors (Lipinski definition) is 0. The monoisotopic (exact) mass is 283 g/mol. The van der Waals surface area contributed by atoms with Gasteiger partial charge < -0.3 is 14.4 Å². The molecule has 0 spiro atoms. The Morgan fingerprint density at radius 2 is 1.95 bits per heavy atom. The Bertz CT molecular complexity index is 663. The van der Waals surface area contributed by atoms with Gasteiger partial charge in [0, 0.05) is 24.4 Å². The van der Waals surface area contributed by atoms with Crippen LogP contribution in [-0.4, -0.2) is 31.1 Å². The minimum atomic E-state index is 0.264. The maximum absolute atomic E-state index is 9.26. The van der Waals surface area contributed by atoms with Crippen LogP contribution in [0.1, 0.15) is 11.1 Å². The number of hydrogen-bond acceptors (Lipinski definition) is 5. The Morgan fingerprint density at radius 3 is 2.62 bits per heavy atom. The van der Waals surface area contributed by atoms with Gasteiger partial charge in [-0.15, -0.1) is 0 Å². The molecule has 5 heteroatoms. The lowest BCUT2D eigenvalue weighted by molar-refractivity contribution is 0.381. The molecule has 0 N–H and O–H groups in total. The lowest BCUT2D eigenvalue weighted by Crippen LogP contribution is -2.11. The lowest BCUT2D eigenvalue weighted by atomic mass is 10.2. The number of ether oxygens (including phenoxy) is 2. The van der Waals surface area contributed by atoms with E-state index in [2.05, 4.69) is 16.0 Å². The highest BCUT2D eigenvalue weighted by molar-refractivity contribution is 5.51. The second-order valence-corrected chi connectivity index (χ2v) is 4.75. The molecular formula is C16H17N3O2. The molecule has 2 aromatic rings. The predicted octanol–water partition coefficient (Wildman–Crippen LogP) is 2.82. The van der Waals surface area contributed by atoms with E-state index < -0.39 is 0 Å². The van der Waals surface area contributed by atoms with Crippen LogP contribution in [0.25, 0.3) is 0 Å². The molecule has 0 bridgehead atoms. The zero-order chi connectivity index (χ0) is 15.2. The molecule has 1 aromatic heterocycles. The van der Waals surface area contributed by atoms with Crippen molar-refractivity contribution in [3.63, 3.8) is 0 Å². The second kappa shape index (κ2) is 6.73. The van der Waals surface area contributed by atoms with Crippen molar-refractivity contribution in [3.05, 3.63) is 47.7 Å². The number of nitriles is 1. The molecule has 2 rings (SSSR count). The number of methoxy groups -OCH3 is 1. The van der Waals surface area contributed by atoms with Crippen LogP contribution in [0, 0.1) is 11.3 Å². The van der Waals surface area contributed by atoms with Crippen LogP contribution in [0.3, 0.4) is 0 Å². The first kappa shape index (κ1) is 14.8. The molecule has 0 aliphatic carbocycles. The average Bonchev–Trinajstić information content (AvgIpc) is 2.48. The topological polar surface area (TPSA) is 58.4 Å². The molecule has 0 fully saturated rings. The van der Waals surface area contributed by atoms with E-state index in [9.17, 15) is 5.26 Å². The van der Waals surface area contributed by atoms with E-state index in [1.165, 1.54) is 7.11 Å². The highest BCUT2D eigenvalue weighted by Gasteiger charge is 2.13. The fraction of sp³-hybridized carbons (Fsp3) is 0.250. The number of rotatable bonds is 5. The molecule has 1 heterocycles. The van der Waals surface area contributed by atoms with Gasteiger partial charge >= 0.3 is 0 Å². The van der Waals surface area contributed by atoms with E-state index in [0.29, 0.717) is 11.3 Å². The third-order valence-corrected chi connectivity index (χ3v) is 2.86. The average molecular weight is 283 g/mol. The van der Waals surface area contributed by atoms with E-state index in [0.717, 1.165) is 17.9 Å². The molecule has 108 valence electrons. The van der Waals surface area contributed by atoms with Gasteiger partial charge in [0.15, 0.2) is 11.3 Å². The largest absolute Gasteiger partial charge is 0.480 e. The molecule has 0 atom stereocenters. The van der Waals surface area contributed by atoms with Gasteiger partial charge in [-0.25, -0.2) is 4.98 Å². The van der Waals surface area contributed by atoms with Crippen molar-refractivity contribution in [2.75, 3.05) is 21.2 Å². The predicted molar refractivity (Wildman–Crippen MR) is 79.4 cm³/mol. The SMILES string of the molecule is COc1nccc(Oc2ccccc2CN(C)C)c1C#N. The number of aromatic nitrogens is 1.